The van der Waals surface area contributed by atoms with Crippen LogP contribution in [0.1, 0.15) is 34.6 Å². The maximum Gasteiger partial charge on any atom is 0.109 e. The van der Waals surface area contributed by atoms with Crippen molar-refractivity contribution >= 4 is 7.85 Å². The average molecular weight is 152 g/mol. The van der Waals surface area contributed by atoms with Gasteiger partial charge in [-0.05, 0) is 17.8 Å². The summed E-state index contributed by atoms with van der Waals surface area (Å²) in [6.45, 7) is 10.9. The lowest BCUT2D eigenvalue weighted by Gasteiger charge is -2.37. The fraction of sp³-hybridized carbons (Fsp3) is 1.00. The molecule has 1 saturated heterocycles. The van der Waals surface area contributed by atoms with Gasteiger partial charge < -0.3 is 4.74 Å². The highest BCUT2D eigenvalue weighted by Crippen LogP contribution is 2.50. The van der Waals surface area contributed by atoms with Crippen molar-refractivity contribution < 1.29 is 4.74 Å². The van der Waals surface area contributed by atoms with Crippen molar-refractivity contribution in [1.29, 1.82) is 0 Å². The minimum Gasteiger partial charge on any atom is -0.384 e. The van der Waals surface area contributed by atoms with E-state index in [4.69, 9.17) is 12.6 Å². The fourth-order valence-corrected chi connectivity index (χ4v) is 1.45. The zero-order valence-corrected chi connectivity index (χ0v) is 8.14. The number of ether oxygens (including phenoxy) is 1. The molecule has 11 heavy (non-hydrogen) atoms. The molecule has 2 heteroatoms. The summed E-state index contributed by atoms with van der Waals surface area (Å²) in [5, 5.41) is 0. The van der Waals surface area contributed by atoms with E-state index in [1.54, 1.807) is 0 Å². The molecule has 62 valence electrons. The lowest BCUT2D eigenvalue weighted by atomic mass is 9.61. The van der Waals surface area contributed by atoms with E-state index in [2.05, 4.69) is 34.6 Å². The second-order valence-electron chi connectivity index (χ2n) is 4.64. The van der Waals surface area contributed by atoms with Crippen LogP contribution in [0.3, 0.4) is 0 Å². The first-order chi connectivity index (χ1) is 4.80. The first-order valence-electron chi connectivity index (χ1n) is 4.21. The second-order valence-corrected chi connectivity index (χ2v) is 4.64. The van der Waals surface area contributed by atoms with Crippen molar-refractivity contribution in [3.05, 3.63) is 0 Å². The number of rotatable bonds is 0. The molecule has 1 aliphatic rings. The molecule has 1 rings (SSSR count). The Balaban J connectivity index is 2.95. The summed E-state index contributed by atoms with van der Waals surface area (Å²) < 4.78 is 5.57. The molecule has 1 nitrogen and oxygen atoms in total. The van der Waals surface area contributed by atoms with Crippen molar-refractivity contribution in [3.8, 4) is 0 Å². The van der Waals surface area contributed by atoms with Crippen molar-refractivity contribution in [2.75, 3.05) is 0 Å². The standard InChI is InChI=1S/C9H17BO/c1-6-8(2,3)9(4,5)7(10)11-6/h6-7H,1-5H3/t6-,7-/m0/s1. The first-order valence-corrected chi connectivity index (χ1v) is 4.21. The van der Waals surface area contributed by atoms with Gasteiger partial charge in [-0.1, -0.05) is 27.7 Å². The van der Waals surface area contributed by atoms with E-state index in [1.165, 1.54) is 0 Å². The molecule has 0 aliphatic carbocycles. The van der Waals surface area contributed by atoms with Crippen molar-refractivity contribution in [3.63, 3.8) is 0 Å². The van der Waals surface area contributed by atoms with Gasteiger partial charge in [-0.3, -0.25) is 0 Å². The highest BCUT2D eigenvalue weighted by atomic mass is 16.5. The van der Waals surface area contributed by atoms with Crippen LogP contribution in [-0.4, -0.2) is 20.0 Å². The smallest absolute Gasteiger partial charge is 0.109 e. The third-order valence-electron chi connectivity index (χ3n) is 3.74. The predicted octanol–water partition coefficient (Wildman–Crippen LogP) is 1.95. The van der Waals surface area contributed by atoms with Crippen LogP contribution in [0, 0.1) is 10.8 Å². The number of hydrogen-bond donors (Lipinski definition) is 0. The zero-order chi connectivity index (χ0) is 8.86. The van der Waals surface area contributed by atoms with Gasteiger partial charge in [0.05, 0.1) is 6.10 Å². The van der Waals surface area contributed by atoms with Gasteiger partial charge in [-0.25, -0.2) is 0 Å². The summed E-state index contributed by atoms with van der Waals surface area (Å²) in [6.07, 6.45) is 0.257. The lowest BCUT2D eigenvalue weighted by molar-refractivity contribution is 0.0643. The van der Waals surface area contributed by atoms with Crippen LogP contribution in [-0.2, 0) is 4.74 Å². The highest BCUT2D eigenvalue weighted by molar-refractivity contribution is 6.11. The maximum atomic E-state index is 5.86. The molecule has 2 radical (unpaired) electrons. The van der Waals surface area contributed by atoms with E-state index in [-0.39, 0.29) is 22.9 Å². The Bertz CT molecular complexity index is 145. The average Bonchev–Trinajstić information content (AvgIpc) is 1.95. The minimum atomic E-state index is -0.118. The van der Waals surface area contributed by atoms with Gasteiger partial charge in [-0.2, -0.15) is 0 Å². The van der Waals surface area contributed by atoms with Gasteiger partial charge in [0.2, 0.25) is 0 Å². The molecule has 0 unspecified atom stereocenters. The van der Waals surface area contributed by atoms with Crippen LogP contribution in [0.15, 0.2) is 0 Å². The molecule has 1 heterocycles. The molecule has 0 aromatic rings. The molecule has 2 atom stereocenters. The largest absolute Gasteiger partial charge is 0.384 e. The van der Waals surface area contributed by atoms with E-state index in [1.807, 2.05) is 0 Å². The first kappa shape index (κ1) is 9.12. The molecule has 0 aromatic heterocycles. The third kappa shape index (κ3) is 1.03. The topological polar surface area (TPSA) is 9.23 Å². The Labute approximate surface area is 70.9 Å². The maximum absolute atomic E-state index is 5.86. The highest BCUT2D eigenvalue weighted by Gasteiger charge is 2.51. The molecule has 0 N–H and O–H groups in total. The molecule has 0 bridgehead atoms. The Morgan fingerprint density at radius 3 is 1.64 bits per heavy atom. The van der Waals surface area contributed by atoms with E-state index >= 15 is 0 Å². The van der Waals surface area contributed by atoms with E-state index in [9.17, 15) is 0 Å². The molecule has 0 saturated carbocycles. The number of hydrogen-bond acceptors (Lipinski definition) is 1. The van der Waals surface area contributed by atoms with Crippen LogP contribution >= 0.6 is 0 Å². The third-order valence-corrected chi connectivity index (χ3v) is 3.74. The Hall–Kier alpha value is 0.0249. The van der Waals surface area contributed by atoms with Gasteiger partial charge >= 0.3 is 0 Å². The fourth-order valence-electron chi connectivity index (χ4n) is 1.45. The van der Waals surface area contributed by atoms with Crippen molar-refractivity contribution in [2.24, 2.45) is 10.8 Å². The molecule has 0 aromatic carbocycles. The summed E-state index contributed by atoms with van der Waals surface area (Å²) in [4.78, 5) is 0. The van der Waals surface area contributed by atoms with Gasteiger partial charge in [0, 0.05) is 6.00 Å². The molecule has 0 amide bonds. The van der Waals surface area contributed by atoms with E-state index in [0.717, 1.165) is 0 Å². The lowest BCUT2D eigenvalue weighted by Crippen LogP contribution is -2.37. The second kappa shape index (κ2) is 2.26. The van der Waals surface area contributed by atoms with Crippen molar-refractivity contribution in [1.82, 2.24) is 0 Å². The quantitative estimate of drug-likeness (QED) is 0.482. The SMILES string of the molecule is [B][C@H]1O[C@@H](C)C(C)(C)C1(C)C. The summed E-state index contributed by atoms with van der Waals surface area (Å²) in [5.74, 6) is 0. The van der Waals surface area contributed by atoms with Crippen LogP contribution < -0.4 is 0 Å². The summed E-state index contributed by atoms with van der Waals surface area (Å²) >= 11 is 0. The molecule has 1 fully saturated rings. The predicted molar refractivity (Wildman–Crippen MR) is 47.7 cm³/mol. The zero-order valence-electron chi connectivity index (χ0n) is 8.14. The molecule has 0 spiro atoms. The van der Waals surface area contributed by atoms with Crippen LogP contribution in [0.2, 0.25) is 0 Å². The summed E-state index contributed by atoms with van der Waals surface area (Å²) in [7, 11) is 5.86. The molecular weight excluding hydrogens is 135 g/mol. The van der Waals surface area contributed by atoms with E-state index in [0.29, 0.717) is 0 Å². The molecular formula is C9H17BO. The Morgan fingerprint density at radius 2 is 1.55 bits per heavy atom. The summed E-state index contributed by atoms with van der Waals surface area (Å²) in [5.41, 5.74) is 0.249. The normalized spacial score (nSPS) is 40.8. The van der Waals surface area contributed by atoms with Gasteiger partial charge in [-0.15, -0.1) is 0 Å². The van der Waals surface area contributed by atoms with Crippen molar-refractivity contribution in [2.45, 2.75) is 46.7 Å². The van der Waals surface area contributed by atoms with Crippen LogP contribution in [0.4, 0.5) is 0 Å². The minimum absolute atomic E-state index is 0.0758. The van der Waals surface area contributed by atoms with Crippen LogP contribution in [0.5, 0.6) is 0 Å². The Kier molecular flexibility index (Phi) is 1.87. The van der Waals surface area contributed by atoms with Gasteiger partial charge in [0.25, 0.3) is 0 Å². The van der Waals surface area contributed by atoms with Crippen LogP contribution in [0.25, 0.3) is 0 Å². The summed E-state index contributed by atoms with van der Waals surface area (Å²) in [6, 6.07) is -0.118. The van der Waals surface area contributed by atoms with Gasteiger partial charge in [0.15, 0.2) is 0 Å². The monoisotopic (exact) mass is 152 g/mol. The Morgan fingerprint density at radius 1 is 1.09 bits per heavy atom. The molecule has 1 aliphatic heterocycles. The van der Waals surface area contributed by atoms with E-state index < -0.39 is 0 Å². The van der Waals surface area contributed by atoms with Gasteiger partial charge in [0.1, 0.15) is 7.85 Å².